The van der Waals surface area contributed by atoms with Crippen LogP contribution < -0.4 is 5.73 Å². The molecule has 0 aliphatic carbocycles. The summed E-state index contributed by atoms with van der Waals surface area (Å²) in [5.41, 5.74) is 5.73. The molecule has 0 spiro atoms. The molecule has 104 valence electrons. The standard InChI is InChI=1S/2C7H5O.CH3NOS.Zn/c2*8-6-7-4-2-1-3-5-7;2-1(3)4;/h2*1-5H;(H3,2,3,4);. The Morgan fingerprint density at radius 3 is 1.43 bits per heavy atom. The second-order valence-electron chi connectivity index (χ2n) is 4.09. The summed E-state index contributed by atoms with van der Waals surface area (Å²) in [5.74, 6) is 0. The second-order valence-corrected chi connectivity index (χ2v) is 7.95. The third kappa shape index (κ3) is 6.88. The van der Waals surface area contributed by atoms with Gasteiger partial charge in [-0.2, -0.15) is 0 Å². The Labute approximate surface area is 135 Å². The molecule has 0 fully saturated rings. The average molecular weight is 353 g/mol. The first kappa shape index (κ1) is 17.1. The molecule has 0 saturated heterocycles. The van der Waals surface area contributed by atoms with Gasteiger partial charge in [0.25, 0.3) is 5.17 Å². The van der Waals surface area contributed by atoms with Crippen LogP contribution in [0.1, 0.15) is 20.7 Å². The van der Waals surface area contributed by atoms with Crippen LogP contribution in [0.2, 0.25) is 0 Å². The zero-order valence-electron chi connectivity index (χ0n) is 11.2. The van der Waals surface area contributed by atoms with Crippen molar-refractivity contribution in [3.8, 4) is 0 Å². The monoisotopic (exact) mass is 351 g/mol. The molecule has 0 radical (unpaired) electrons. The van der Waals surface area contributed by atoms with Crippen LogP contribution in [0.5, 0.6) is 0 Å². The van der Waals surface area contributed by atoms with E-state index in [2.05, 4.69) is 18.0 Å². The van der Waals surface area contributed by atoms with Crippen molar-refractivity contribution in [2.24, 2.45) is 5.73 Å². The minimum absolute atomic E-state index is 0.0481. The van der Waals surface area contributed by atoms with Gasteiger partial charge in [0, 0.05) is 0 Å². The van der Waals surface area contributed by atoms with E-state index in [-0.39, 0.29) is 8.76 Å². The maximum atomic E-state index is 11.9. The molecule has 0 amide bonds. The van der Waals surface area contributed by atoms with Gasteiger partial charge >= 0.3 is 107 Å². The van der Waals surface area contributed by atoms with Gasteiger partial charge in [0.2, 0.25) is 0 Å². The molecule has 21 heavy (non-hydrogen) atoms. The first-order chi connectivity index (χ1) is 10.0. The zero-order chi connectivity index (χ0) is 15.7. The number of aliphatic hydroxyl groups is 1. The Balaban J connectivity index is 0.000000491. The van der Waals surface area contributed by atoms with Gasteiger partial charge in [-0.1, -0.05) is 0 Å². The Kier molecular flexibility index (Phi) is 7.44. The number of rotatable bonds is 4. The number of carbonyl (C=O) groups is 2. The van der Waals surface area contributed by atoms with Crippen molar-refractivity contribution in [2.45, 2.75) is 0 Å². The Bertz CT molecular complexity index is 564. The van der Waals surface area contributed by atoms with Crippen molar-refractivity contribution in [1.82, 2.24) is 0 Å². The maximum absolute atomic E-state index is 11.9. The summed E-state index contributed by atoms with van der Waals surface area (Å²) >= 11 is 1.99. The molecule has 0 aliphatic rings. The number of thiocarbonyl (C=S) groups is 1. The molecule has 0 saturated carbocycles. The van der Waals surface area contributed by atoms with Crippen LogP contribution in [0.15, 0.2) is 60.7 Å². The Morgan fingerprint density at radius 2 is 1.14 bits per heavy atom. The predicted molar refractivity (Wildman–Crippen MR) is 81.0 cm³/mol. The molecule has 0 heterocycles. The topological polar surface area (TPSA) is 80.4 Å². The van der Waals surface area contributed by atoms with Crippen molar-refractivity contribution in [3.05, 3.63) is 71.8 Å². The molecule has 6 heteroatoms. The zero-order valence-corrected chi connectivity index (χ0v) is 15.0. The Morgan fingerprint density at radius 1 is 0.857 bits per heavy atom. The van der Waals surface area contributed by atoms with Gasteiger partial charge < -0.3 is 10.8 Å². The van der Waals surface area contributed by atoms with E-state index in [9.17, 15) is 9.59 Å². The fourth-order valence-electron chi connectivity index (χ4n) is 1.60. The second kappa shape index (κ2) is 9.11. The number of aliphatic hydroxyl groups excluding tert-OH is 1. The van der Waals surface area contributed by atoms with E-state index < -0.39 is 22.3 Å². The average Bonchev–Trinajstić information content (AvgIpc) is 2.48. The van der Waals surface area contributed by atoms with E-state index in [1.165, 1.54) is 0 Å². The number of hydrogen-bond donors (Lipinski definition) is 2. The SMILES string of the molecule is NC(O)=S.O=[C]([Zn][C](=O)c1ccccc1)c1ccccc1. The van der Waals surface area contributed by atoms with Crippen molar-refractivity contribution >= 4 is 26.1 Å². The molecule has 2 rings (SSSR count). The van der Waals surface area contributed by atoms with Gasteiger partial charge in [0.15, 0.2) is 0 Å². The fourth-order valence-corrected chi connectivity index (χ4v) is 4.06. The van der Waals surface area contributed by atoms with E-state index in [0.717, 1.165) is 0 Å². The summed E-state index contributed by atoms with van der Waals surface area (Å²) in [7, 11) is 0. The molecule has 0 unspecified atom stereocenters. The molecule has 0 bridgehead atoms. The summed E-state index contributed by atoms with van der Waals surface area (Å²) < 4.78 is 0.0962. The normalized spacial score (nSPS) is 8.76. The molecule has 4 nitrogen and oxygen atoms in total. The molecule has 3 N–H and O–H groups in total. The number of nitrogens with two attached hydrogens (primary N) is 1. The number of hydrogen-bond acceptors (Lipinski definition) is 3. The van der Waals surface area contributed by atoms with Crippen molar-refractivity contribution < 1.29 is 31.8 Å². The third-order valence-electron chi connectivity index (χ3n) is 2.51. The molecule has 0 aromatic heterocycles. The van der Waals surface area contributed by atoms with Gasteiger partial charge in [0.1, 0.15) is 0 Å². The van der Waals surface area contributed by atoms with Crippen LogP contribution in [-0.2, 0) is 17.1 Å². The van der Waals surface area contributed by atoms with Crippen molar-refractivity contribution in [1.29, 1.82) is 0 Å². The summed E-state index contributed by atoms with van der Waals surface area (Å²) in [5, 5.41) is 7.06. The first-order valence-corrected chi connectivity index (χ1v) is 9.53. The van der Waals surface area contributed by atoms with E-state index in [1.54, 1.807) is 24.3 Å². The van der Waals surface area contributed by atoms with E-state index in [4.69, 9.17) is 5.11 Å². The Hall–Kier alpha value is -1.91. The summed E-state index contributed by atoms with van der Waals surface area (Å²) in [6.07, 6.45) is 0. The third-order valence-corrected chi connectivity index (χ3v) is 5.57. The molecular weight excluding hydrogens is 340 g/mol. The molecule has 2 aromatic carbocycles. The van der Waals surface area contributed by atoms with Crippen LogP contribution in [0.3, 0.4) is 0 Å². The minimum atomic E-state index is -1.88. The van der Waals surface area contributed by atoms with Gasteiger partial charge in [-0.25, -0.2) is 0 Å². The summed E-state index contributed by atoms with van der Waals surface area (Å²) in [4.78, 5) is 23.8. The van der Waals surface area contributed by atoms with Crippen LogP contribution >= 0.6 is 12.2 Å². The summed E-state index contributed by atoms with van der Waals surface area (Å²) in [6, 6.07) is 18.1. The van der Waals surface area contributed by atoms with Crippen LogP contribution in [0.25, 0.3) is 0 Å². The van der Waals surface area contributed by atoms with Gasteiger partial charge in [0.05, 0.1) is 0 Å². The predicted octanol–water partition coefficient (Wildman–Crippen LogP) is 2.54. The molecule has 2 aromatic rings. The molecule has 0 aliphatic heterocycles. The van der Waals surface area contributed by atoms with Crippen molar-refractivity contribution in [2.75, 3.05) is 0 Å². The molecule has 0 atom stereocenters. The van der Waals surface area contributed by atoms with E-state index >= 15 is 0 Å². The van der Waals surface area contributed by atoms with Crippen LogP contribution in [0.4, 0.5) is 0 Å². The quantitative estimate of drug-likeness (QED) is 0.653. The number of carbonyl (C=O) groups excluding carboxylic acids is 2. The van der Waals surface area contributed by atoms with Gasteiger partial charge in [-0.15, -0.1) is 0 Å². The van der Waals surface area contributed by atoms with Crippen molar-refractivity contribution in [3.63, 3.8) is 0 Å². The van der Waals surface area contributed by atoms with Gasteiger partial charge in [-0.05, 0) is 12.2 Å². The number of benzene rings is 2. The van der Waals surface area contributed by atoms with E-state index in [0.29, 0.717) is 11.1 Å². The van der Waals surface area contributed by atoms with Gasteiger partial charge in [-0.3, -0.25) is 0 Å². The van der Waals surface area contributed by atoms with Crippen LogP contribution in [-0.4, -0.2) is 19.0 Å². The van der Waals surface area contributed by atoms with E-state index in [1.807, 2.05) is 36.4 Å². The summed E-state index contributed by atoms with van der Waals surface area (Å²) in [6.45, 7) is 0. The first-order valence-electron chi connectivity index (χ1n) is 6.15. The molecular formula is C15H13NO3SZn. The fraction of sp³-hybridized carbons (Fsp3) is 0. The van der Waals surface area contributed by atoms with Crippen LogP contribution in [0, 0.1) is 0 Å².